The number of carboxylic acid groups (broad SMARTS) is 1. The highest BCUT2D eigenvalue weighted by atomic mass is 16.5. The molecule has 0 spiro atoms. The second kappa shape index (κ2) is 10.7. The van der Waals surface area contributed by atoms with Gasteiger partial charge in [-0.25, -0.2) is 14.3 Å². The molecule has 3 aromatic rings. The minimum absolute atomic E-state index is 0.0651. The van der Waals surface area contributed by atoms with Crippen molar-refractivity contribution in [3.8, 4) is 12.3 Å². The number of nitrogens with one attached hydrogen (secondary N) is 2. The molecule has 1 saturated heterocycles. The van der Waals surface area contributed by atoms with Crippen LogP contribution in [0.5, 0.6) is 0 Å². The van der Waals surface area contributed by atoms with Crippen LogP contribution in [0.4, 0.5) is 16.3 Å². The van der Waals surface area contributed by atoms with Crippen molar-refractivity contribution in [2.45, 2.75) is 19.0 Å². The second-order valence-electron chi connectivity index (χ2n) is 8.20. The first-order chi connectivity index (χ1) is 17.0. The molecule has 0 bridgehead atoms. The maximum Gasteiger partial charge on any atom is 0.407 e. The Morgan fingerprint density at radius 1 is 1.37 bits per heavy atom. The van der Waals surface area contributed by atoms with Crippen molar-refractivity contribution in [3.63, 3.8) is 0 Å². The first-order valence-electron chi connectivity index (χ1n) is 11.1. The van der Waals surface area contributed by atoms with E-state index in [0.29, 0.717) is 25.3 Å². The Morgan fingerprint density at radius 2 is 2.23 bits per heavy atom. The van der Waals surface area contributed by atoms with Crippen molar-refractivity contribution in [1.82, 2.24) is 24.8 Å². The van der Waals surface area contributed by atoms with Crippen LogP contribution in [0, 0.1) is 18.3 Å². The molecule has 0 radical (unpaired) electrons. The fraction of sp³-hybridized carbons (Fsp3) is 0.280. The number of aromatic nitrogens is 3. The van der Waals surface area contributed by atoms with Gasteiger partial charge in [0.2, 0.25) is 0 Å². The average Bonchev–Trinajstić information content (AvgIpc) is 3.27. The number of carboxylic acids is 1. The average molecular weight is 475 g/mol. The van der Waals surface area contributed by atoms with Gasteiger partial charge in [0.15, 0.2) is 5.82 Å². The van der Waals surface area contributed by atoms with Gasteiger partial charge in [-0.15, -0.1) is 6.42 Å². The lowest BCUT2D eigenvalue weighted by Crippen LogP contribution is -2.53. The molecule has 1 aliphatic rings. The number of likely N-dealkylation sites (tertiary alicyclic amines) is 1. The summed E-state index contributed by atoms with van der Waals surface area (Å²) in [5.74, 6) is 1.50. The van der Waals surface area contributed by atoms with Gasteiger partial charge in [-0.3, -0.25) is 9.69 Å². The molecule has 3 heterocycles. The van der Waals surface area contributed by atoms with Crippen molar-refractivity contribution >= 4 is 29.1 Å². The van der Waals surface area contributed by atoms with Crippen molar-refractivity contribution in [1.29, 1.82) is 0 Å². The summed E-state index contributed by atoms with van der Waals surface area (Å²) < 4.78 is 6.68. The Balaban J connectivity index is 1.51. The molecule has 1 amide bonds. The van der Waals surface area contributed by atoms with E-state index in [4.69, 9.17) is 11.2 Å². The van der Waals surface area contributed by atoms with Crippen molar-refractivity contribution in [3.05, 3.63) is 66.6 Å². The lowest BCUT2D eigenvalue weighted by molar-refractivity contribution is -0.144. The molecule has 1 aromatic carbocycles. The quantitative estimate of drug-likeness (QED) is 0.337. The van der Waals surface area contributed by atoms with Crippen LogP contribution in [0.1, 0.15) is 17.5 Å². The van der Waals surface area contributed by atoms with Gasteiger partial charge in [-0.05, 0) is 36.2 Å². The van der Waals surface area contributed by atoms with Gasteiger partial charge in [-0.2, -0.15) is 5.10 Å². The fourth-order valence-electron chi connectivity index (χ4n) is 4.22. The highest BCUT2D eigenvalue weighted by Crippen LogP contribution is 2.26. The van der Waals surface area contributed by atoms with Gasteiger partial charge in [0.1, 0.15) is 18.5 Å². The number of piperidine rings is 1. The monoisotopic (exact) mass is 474 g/mol. The molecule has 10 nitrogen and oxygen atoms in total. The number of anilines is 2. The van der Waals surface area contributed by atoms with E-state index in [1.54, 1.807) is 4.52 Å². The van der Waals surface area contributed by atoms with E-state index in [9.17, 15) is 14.7 Å². The predicted molar refractivity (Wildman–Crippen MR) is 130 cm³/mol. The highest BCUT2D eigenvalue weighted by molar-refractivity contribution is 5.77. The first-order valence-corrected chi connectivity index (χ1v) is 11.1. The van der Waals surface area contributed by atoms with Crippen LogP contribution in [-0.2, 0) is 16.1 Å². The van der Waals surface area contributed by atoms with E-state index >= 15 is 0 Å². The summed E-state index contributed by atoms with van der Waals surface area (Å²) in [6.45, 7) is 4.95. The van der Waals surface area contributed by atoms with E-state index in [2.05, 4.69) is 38.1 Å². The number of hydrogen-bond donors (Lipinski definition) is 3. The number of alkyl carbamates (subject to hydrolysis) is 1. The number of hydrogen-bond acceptors (Lipinski definition) is 7. The van der Waals surface area contributed by atoms with Crippen molar-refractivity contribution in [2.75, 3.05) is 25.0 Å². The van der Waals surface area contributed by atoms with Crippen molar-refractivity contribution in [2.24, 2.45) is 5.92 Å². The molecular formula is C25H26N6O4. The Labute approximate surface area is 202 Å². The predicted octanol–water partition coefficient (Wildman–Crippen LogP) is 2.64. The molecule has 180 valence electrons. The van der Waals surface area contributed by atoms with Crippen LogP contribution < -0.4 is 10.6 Å². The fourth-order valence-corrected chi connectivity index (χ4v) is 4.22. The molecule has 0 unspecified atom stereocenters. The number of benzene rings is 1. The third-order valence-electron chi connectivity index (χ3n) is 5.87. The molecule has 0 saturated carbocycles. The molecule has 10 heteroatoms. The van der Waals surface area contributed by atoms with Gasteiger partial charge >= 0.3 is 12.1 Å². The number of aliphatic carboxylic acids is 1. The lowest BCUT2D eigenvalue weighted by Gasteiger charge is -2.36. The maximum absolute atomic E-state index is 11.9. The molecule has 4 rings (SSSR count). The van der Waals surface area contributed by atoms with Gasteiger partial charge < -0.3 is 20.5 Å². The smallest absolute Gasteiger partial charge is 0.407 e. The second-order valence-corrected chi connectivity index (χ2v) is 8.20. The van der Waals surface area contributed by atoms with Gasteiger partial charge in [0.25, 0.3) is 0 Å². The SMILES string of the molecule is C#Cc1cccc(Nc2ncnn3ccc(CN4CC[C@@H](NC(=O)OCC=C)[C@@H](C(=O)O)C4)c23)c1. The normalized spacial score (nSPS) is 17.9. The Kier molecular flexibility index (Phi) is 7.28. The zero-order chi connectivity index (χ0) is 24.8. The number of terminal acetylenes is 1. The zero-order valence-electron chi connectivity index (χ0n) is 19.1. The van der Waals surface area contributed by atoms with Crippen LogP contribution in [0.3, 0.4) is 0 Å². The van der Waals surface area contributed by atoms with E-state index < -0.39 is 24.0 Å². The summed E-state index contributed by atoms with van der Waals surface area (Å²) >= 11 is 0. The summed E-state index contributed by atoms with van der Waals surface area (Å²) in [6.07, 6.45) is 10.1. The topological polar surface area (TPSA) is 121 Å². The highest BCUT2D eigenvalue weighted by Gasteiger charge is 2.35. The van der Waals surface area contributed by atoms with Gasteiger partial charge in [0.05, 0.1) is 5.92 Å². The molecule has 0 aliphatic carbocycles. The summed E-state index contributed by atoms with van der Waals surface area (Å²) in [5.41, 5.74) is 3.29. The maximum atomic E-state index is 11.9. The molecule has 1 fully saturated rings. The Morgan fingerprint density at radius 3 is 3.00 bits per heavy atom. The number of nitrogens with zero attached hydrogens (tertiary/aromatic N) is 4. The van der Waals surface area contributed by atoms with Crippen LogP contribution in [0.25, 0.3) is 5.52 Å². The Bertz CT molecular complexity index is 1280. The number of ether oxygens (including phenoxy) is 1. The van der Waals surface area contributed by atoms with Crippen LogP contribution in [0.15, 0.2) is 55.5 Å². The van der Waals surface area contributed by atoms with Crippen LogP contribution in [-0.4, -0.2) is 62.4 Å². The van der Waals surface area contributed by atoms with Gasteiger partial charge in [-0.1, -0.05) is 24.6 Å². The molecule has 3 N–H and O–H groups in total. The molecule has 2 aromatic heterocycles. The van der Waals surface area contributed by atoms with Crippen molar-refractivity contribution < 1.29 is 19.4 Å². The summed E-state index contributed by atoms with van der Waals surface area (Å²) in [7, 11) is 0. The molecular weight excluding hydrogens is 448 g/mol. The van der Waals surface area contributed by atoms with Crippen LogP contribution >= 0.6 is 0 Å². The number of rotatable bonds is 8. The largest absolute Gasteiger partial charge is 0.481 e. The number of carbonyl (C=O) groups is 2. The molecule has 35 heavy (non-hydrogen) atoms. The minimum atomic E-state index is -0.968. The first kappa shape index (κ1) is 23.8. The van der Waals surface area contributed by atoms with E-state index in [-0.39, 0.29) is 13.2 Å². The standard InChI is InChI=1S/C25H26N6O4/c1-3-12-35-25(34)29-21-9-10-30(15-20(21)24(32)33)14-18-8-11-31-22(18)23(26-16-27-31)28-19-7-5-6-17(4-2)13-19/h2-3,5-8,11,13,16,20-21H,1,9-10,12,14-15H2,(H,29,34)(H,32,33)(H,26,27,28)/t20-,21+/m0/s1. The summed E-state index contributed by atoms with van der Waals surface area (Å²) in [6, 6.07) is 8.90. The van der Waals surface area contributed by atoms with E-state index in [1.165, 1.54) is 12.4 Å². The summed E-state index contributed by atoms with van der Waals surface area (Å²) in [4.78, 5) is 30.3. The minimum Gasteiger partial charge on any atom is -0.481 e. The number of fused-ring (bicyclic) bond motifs is 1. The summed E-state index contributed by atoms with van der Waals surface area (Å²) in [5, 5.41) is 20.1. The van der Waals surface area contributed by atoms with E-state index in [1.807, 2.05) is 36.5 Å². The zero-order valence-corrected chi connectivity index (χ0v) is 19.1. The van der Waals surface area contributed by atoms with Crippen LogP contribution in [0.2, 0.25) is 0 Å². The third kappa shape index (κ3) is 5.59. The lowest BCUT2D eigenvalue weighted by atomic mass is 9.92. The van der Waals surface area contributed by atoms with Gasteiger partial charge in [0, 0.05) is 43.1 Å². The third-order valence-corrected chi connectivity index (χ3v) is 5.87. The van der Waals surface area contributed by atoms with E-state index in [0.717, 1.165) is 22.3 Å². The number of carbonyl (C=O) groups excluding carboxylic acids is 1. The number of amides is 1. The molecule has 2 atom stereocenters. The molecule has 1 aliphatic heterocycles. The Hall–Kier alpha value is -4.36.